The van der Waals surface area contributed by atoms with E-state index >= 15 is 0 Å². The molecule has 0 saturated heterocycles. The smallest absolute Gasteiger partial charge is 0.112 e. The largest absolute Gasteiger partial charge is 0.342 e. The normalized spacial score (nSPS) is 19.2. The average Bonchev–Trinajstić information content (AvgIpc) is 2.93. The predicted molar refractivity (Wildman–Crippen MR) is 79.1 cm³/mol. The highest BCUT2D eigenvalue weighted by molar-refractivity contribution is 5.76. The van der Waals surface area contributed by atoms with E-state index in [2.05, 4.69) is 48.9 Å². The predicted octanol–water partition coefficient (Wildman–Crippen LogP) is 3.59. The topological polar surface area (TPSA) is 54.7 Å². The first-order valence-electron chi connectivity index (χ1n) is 7.18. The lowest BCUT2D eigenvalue weighted by Gasteiger charge is -2.24. The van der Waals surface area contributed by atoms with Crippen LogP contribution < -0.4 is 5.73 Å². The maximum absolute atomic E-state index is 6.53. The molecule has 0 bridgehead atoms. The molecule has 1 heterocycles. The maximum atomic E-state index is 6.53. The van der Waals surface area contributed by atoms with Crippen molar-refractivity contribution < 1.29 is 0 Å². The number of fused-ring (bicyclic) bond motifs is 1. The minimum Gasteiger partial charge on any atom is -0.342 e. The molecule has 3 N–H and O–H groups in total. The zero-order chi connectivity index (χ0) is 13.7. The van der Waals surface area contributed by atoms with E-state index in [1.165, 1.54) is 18.4 Å². The summed E-state index contributed by atoms with van der Waals surface area (Å²) in [5.74, 6) is 1.04. The number of benzene rings is 1. The third kappa shape index (κ3) is 2.16. The SMILES string of the molecule is CC(C)(C)c1nc2ccc(C3(N)CCCC3)cc2[nH]1. The van der Waals surface area contributed by atoms with Gasteiger partial charge in [-0.3, -0.25) is 0 Å². The highest BCUT2D eigenvalue weighted by atomic mass is 14.9. The van der Waals surface area contributed by atoms with Crippen LogP contribution in [0.1, 0.15) is 57.8 Å². The molecule has 3 rings (SSSR count). The van der Waals surface area contributed by atoms with Crippen LogP contribution in [0.2, 0.25) is 0 Å². The van der Waals surface area contributed by atoms with Gasteiger partial charge in [0.15, 0.2) is 0 Å². The van der Waals surface area contributed by atoms with Gasteiger partial charge >= 0.3 is 0 Å². The molecular weight excluding hydrogens is 234 g/mol. The van der Waals surface area contributed by atoms with E-state index in [1.54, 1.807) is 0 Å². The van der Waals surface area contributed by atoms with Crippen LogP contribution in [-0.4, -0.2) is 9.97 Å². The summed E-state index contributed by atoms with van der Waals surface area (Å²) in [6.45, 7) is 6.52. The van der Waals surface area contributed by atoms with Crippen molar-refractivity contribution >= 4 is 11.0 Å². The highest BCUT2D eigenvalue weighted by Crippen LogP contribution is 2.37. The van der Waals surface area contributed by atoms with E-state index < -0.39 is 0 Å². The van der Waals surface area contributed by atoms with Gasteiger partial charge in [-0.15, -0.1) is 0 Å². The number of aromatic amines is 1. The summed E-state index contributed by atoms with van der Waals surface area (Å²) < 4.78 is 0. The lowest BCUT2D eigenvalue weighted by Crippen LogP contribution is -2.32. The fraction of sp³-hybridized carbons (Fsp3) is 0.562. The van der Waals surface area contributed by atoms with Crippen LogP contribution in [0.3, 0.4) is 0 Å². The molecule has 0 radical (unpaired) electrons. The number of nitrogens with zero attached hydrogens (tertiary/aromatic N) is 1. The molecule has 0 amide bonds. The van der Waals surface area contributed by atoms with E-state index in [1.807, 2.05) is 0 Å². The van der Waals surface area contributed by atoms with Crippen molar-refractivity contribution in [1.29, 1.82) is 0 Å². The van der Waals surface area contributed by atoms with Crippen molar-refractivity contribution in [3.63, 3.8) is 0 Å². The molecule has 0 aliphatic heterocycles. The minimum absolute atomic E-state index is 0.0486. The van der Waals surface area contributed by atoms with Crippen molar-refractivity contribution in [3.05, 3.63) is 29.6 Å². The molecule has 1 saturated carbocycles. The first-order chi connectivity index (χ1) is 8.88. The highest BCUT2D eigenvalue weighted by Gasteiger charge is 2.31. The monoisotopic (exact) mass is 257 g/mol. The number of nitrogens with two attached hydrogens (primary N) is 1. The van der Waals surface area contributed by atoms with Gasteiger partial charge in [-0.05, 0) is 30.5 Å². The Balaban J connectivity index is 2.06. The molecule has 2 aromatic rings. The maximum Gasteiger partial charge on any atom is 0.112 e. The number of nitrogens with one attached hydrogen (secondary N) is 1. The number of aromatic nitrogens is 2. The number of rotatable bonds is 1. The molecule has 1 aromatic carbocycles. The fourth-order valence-electron chi connectivity index (χ4n) is 2.97. The van der Waals surface area contributed by atoms with E-state index in [0.717, 1.165) is 29.7 Å². The second-order valence-corrected chi connectivity index (χ2v) is 6.93. The van der Waals surface area contributed by atoms with Crippen molar-refractivity contribution in [1.82, 2.24) is 9.97 Å². The van der Waals surface area contributed by atoms with Crippen LogP contribution in [0.5, 0.6) is 0 Å². The van der Waals surface area contributed by atoms with Crippen LogP contribution in [0.15, 0.2) is 18.2 Å². The van der Waals surface area contributed by atoms with Crippen molar-refractivity contribution in [2.24, 2.45) is 5.73 Å². The Morgan fingerprint density at radius 1 is 1.21 bits per heavy atom. The quantitative estimate of drug-likeness (QED) is 0.820. The van der Waals surface area contributed by atoms with Crippen LogP contribution in [-0.2, 0) is 11.0 Å². The Morgan fingerprint density at radius 3 is 2.53 bits per heavy atom. The van der Waals surface area contributed by atoms with Crippen molar-refractivity contribution in [2.75, 3.05) is 0 Å². The zero-order valence-electron chi connectivity index (χ0n) is 12.1. The van der Waals surface area contributed by atoms with E-state index in [0.29, 0.717) is 0 Å². The van der Waals surface area contributed by atoms with Crippen molar-refractivity contribution in [2.45, 2.75) is 57.4 Å². The first kappa shape index (κ1) is 12.7. The van der Waals surface area contributed by atoms with Crippen molar-refractivity contribution in [3.8, 4) is 0 Å². The molecule has 0 spiro atoms. The number of hydrogen-bond acceptors (Lipinski definition) is 2. The molecule has 1 aliphatic carbocycles. The van der Waals surface area contributed by atoms with Gasteiger partial charge in [0.25, 0.3) is 0 Å². The van der Waals surface area contributed by atoms with Gasteiger partial charge < -0.3 is 10.7 Å². The second-order valence-electron chi connectivity index (χ2n) is 6.93. The molecule has 0 atom stereocenters. The average molecular weight is 257 g/mol. The molecule has 0 unspecified atom stereocenters. The number of H-pyrrole nitrogens is 1. The Kier molecular flexibility index (Phi) is 2.72. The van der Waals surface area contributed by atoms with E-state index in [4.69, 9.17) is 5.73 Å². The Bertz CT molecular complexity index is 598. The fourth-order valence-corrected chi connectivity index (χ4v) is 2.97. The lowest BCUT2D eigenvalue weighted by atomic mass is 9.89. The Morgan fingerprint density at radius 2 is 1.89 bits per heavy atom. The van der Waals surface area contributed by atoms with Gasteiger partial charge in [0.05, 0.1) is 11.0 Å². The molecule has 1 aliphatic rings. The Hall–Kier alpha value is -1.35. The summed E-state index contributed by atoms with van der Waals surface area (Å²) in [7, 11) is 0. The van der Waals surface area contributed by atoms with Crippen LogP contribution in [0.25, 0.3) is 11.0 Å². The third-order valence-electron chi connectivity index (χ3n) is 4.26. The molecular formula is C16H23N3. The van der Waals surface area contributed by atoms with Gasteiger partial charge in [-0.1, -0.05) is 39.7 Å². The second kappa shape index (κ2) is 4.07. The molecule has 1 aromatic heterocycles. The summed E-state index contributed by atoms with van der Waals surface area (Å²) in [6.07, 6.45) is 4.67. The van der Waals surface area contributed by atoms with Crippen LogP contribution >= 0.6 is 0 Å². The number of hydrogen-bond donors (Lipinski definition) is 2. The van der Waals surface area contributed by atoms with E-state index in [9.17, 15) is 0 Å². The molecule has 19 heavy (non-hydrogen) atoms. The van der Waals surface area contributed by atoms with Crippen LogP contribution in [0.4, 0.5) is 0 Å². The van der Waals surface area contributed by atoms with Gasteiger partial charge in [0, 0.05) is 11.0 Å². The summed E-state index contributed by atoms with van der Waals surface area (Å²) in [5.41, 5.74) is 9.85. The Labute approximate surface area is 114 Å². The van der Waals surface area contributed by atoms with Gasteiger partial charge in [-0.2, -0.15) is 0 Å². The zero-order valence-corrected chi connectivity index (χ0v) is 12.1. The van der Waals surface area contributed by atoms with Gasteiger partial charge in [0.1, 0.15) is 5.82 Å². The van der Waals surface area contributed by atoms with Gasteiger partial charge in [-0.25, -0.2) is 4.98 Å². The molecule has 3 heteroatoms. The molecule has 102 valence electrons. The van der Waals surface area contributed by atoms with Crippen LogP contribution in [0, 0.1) is 0 Å². The lowest BCUT2D eigenvalue weighted by molar-refractivity contribution is 0.462. The summed E-state index contributed by atoms with van der Waals surface area (Å²) in [4.78, 5) is 8.13. The summed E-state index contributed by atoms with van der Waals surface area (Å²) >= 11 is 0. The number of imidazole rings is 1. The molecule has 1 fully saturated rings. The molecule has 3 nitrogen and oxygen atoms in total. The summed E-state index contributed by atoms with van der Waals surface area (Å²) in [5, 5.41) is 0. The standard InChI is InChI=1S/C16H23N3/c1-15(2,3)14-18-12-7-6-11(10-13(12)19-14)16(17)8-4-5-9-16/h6-7,10H,4-5,8-9,17H2,1-3H3,(H,18,19). The van der Waals surface area contributed by atoms with Gasteiger partial charge in [0.2, 0.25) is 0 Å². The summed E-state index contributed by atoms with van der Waals surface area (Å²) in [6, 6.07) is 6.45. The van der Waals surface area contributed by atoms with E-state index in [-0.39, 0.29) is 11.0 Å². The third-order valence-corrected chi connectivity index (χ3v) is 4.26. The first-order valence-corrected chi connectivity index (χ1v) is 7.18. The minimum atomic E-state index is -0.124.